The van der Waals surface area contributed by atoms with Crippen molar-refractivity contribution in [3.63, 3.8) is 0 Å². The predicted octanol–water partition coefficient (Wildman–Crippen LogP) is 2.42. The molecule has 1 saturated carbocycles. The number of pyridine rings is 1. The summed E-state index contributed by atoms with van der Waals surface area (Å²) in [4.78, 5) is 31.7. The van der Waals surface area contributed by atoms with Crippen LogP contribution in [0.15, 0.2) is 41.3 Å². The molecule has 2 aliphatic heterocycles. The SMILES string of the molecule is CC(N)C(=O)N[C@H]1CC[C@@H](C(F)(F)c2cc(Cl)nc(N3CCN(S(=O)(=O)c4ccc(N5C[C@H](N)CC5=O)cc4)CC3)c2)CC1. The van der Waals surface area contributed by atoms with Crippen LogP contribution in [0, 0.1) is 5.92 Å². The second-order valence-electron chi connectivity index (χ2n) is 11.9. The first-order valence-electron chi connectivity index (χ1n) is 14.8. The van der Waals surface area contributed by atoms with Crippen LogP contribution in [-0.2, 0) is 25.5 Å². The Morgan fingerprint density at radius 3 is 2.30 bits per heavy atom. The monoisotopic (exact) mass is 653 g/mol. The number of carbonyl (C=O) groups is 2. The van der Waals surface area contributed by atoms with E-state index in [2.05, 4.69) is 10.3 Å². The number of amides is 2. The van der Waals surface area contributed by atoms with Crippen molar-refractivity contribution in [1.29, 1.82) is 0 Å². The molecule has 1 aromatic heterocycles. The molecule has 3 fully saturated rings. The van der Waals surface area contributed by atoms with Crippen molar-refractivity contribution in [3.8, 4) is 0 Å². The number of hydrogen-bond donors (Lipinski definition) is 3. The maximum absolute atomic E-state index is 15.7. The normalized spacial score (nSPS) is 24.4. The molecule has 0 bridgehead atoms. The fourth-order valence-corrected chi connectivity index (χ4v) is 7.72. The molecule has 1 aromatic carbocycles. The van der Waals surface area contributed by atoms with Gasteiger partial charge in [-0.1, -0.05) is 11.6 Å². The molecule has 3 aliphatic rings. The molecule has 1 aliphatic carbocycles. The Labute approximate surface area is 260 Å². The largest absolute Gasteiger partial charge is 0.354 e. The van der Waals surface area contributed by atoms with E-state index in [1.54, 1.807) is 28.9 Å². The number of aromatic nitrogens is 1. The number of halogens is 3. The molecule has 0 radical (unpaired) electrons. The second kappa shape index (κ2) is 12.8. The third-order valence-corrected chi connectivity index (χ3v) is 10.8. The van der Waals surface area contributed by atoms with E-state index in [0.29, 0.717) is 25.1 Å². The van der Waals surface area contributed by atoms with Crippen LogP contribution in [0.3, 0.4) is 0 Å². The van der Waals surface area contributed by atoms with Crippen molar-refractivity contribution in [2.24, 2.45) is 17.4 Å². The second-order valence-corrected chi connectivity index (χ2v) is 14.2. The lowest BCUT2D eigenvalue weighted by atomic mass is 9.80. The molecule has 11 nitrogen and oxygen atoms in total. The quantitative estimate of drug-likeness (QED) is 0.367. The van der Waals surface area contributed by atoms with Gasteiger partial charge in [0.1, 0.15) is 11.0 Å². The summed E-state index contributed by atoms with van der Waals surface area (Å²) < 4.78 is 59.5. The topological polar surface area (TPSA) is 155 Å². The maximum Gasteiger partial charge on any atom is 0.276 e. The van der Waals surface area contributed by atoms with E-state index in [0.717, 1.165) is 0 Å². The van der Waals surface area contributed by atoms with Crippen LogP contribution in [0.25, 0.3) is 0 Å². The smallest absolute Gasteiger partial charge is 0.276 e. The van der Waals surface area contributed by atoms with Gasteiger partial charge in [-0.05, 0) is 69.0 Å². The van der Waals surface area contributed by atoms with Crippen molar-refractivity contribution in [2.45, 2.75) is 68.0 Å². The number of alkyl halides is 2. The standard InChI is InChI=1S/C29H38ClF2N7O4S/c1-18(33)28(41)35-22-4-2-19(3-5-22)29(31,32)20-14-25(30)36-26(15-20)37-10-12-38(13-11-37)44(42,43)24-8-6-23(7-9-24)39-17-21(34)16-27(39)40/h6-9,14-15,18-19,21-22H,2-5,10-13,16-17,33-34H2,1H3,(H,35,41)/t18?,19-,21-,22+/m1/s1. The van der Waals surface area contributed by atoms with Crippen LogP contribution >= 0.6 is 11.6 Å². The molecule has 3 heterocycles. The van der Waals surface area contributed by atoms with E-state index in [9.17, 15) is 18.0 Å². The zero-order valence-electron chi connectivity index (χ0n) is 24.5. The lowest BCUT2D eigenvalue weighted by Crippen LogP contribution is -2.49. The first-order chi connectivity index (χ1) is 20.8. The summed E-state index contributed by atoms with van der Waals surface area (Å²) in [5, 5.41) is 2.75. The highest BCUT2D eigenvalue weighted by molar-refractivity contribution is 7.89. The number of anilines is 2. The summed E-state index contributed by atoms with van der Waals surface area (Å²) >= 11 is 6.21. The number of nitrogens with zero attached hydrogens (tertiary/aromatic N) is 4. The molecule has 1 unspecified atom stereocenters. The number of piperazine rings is 1. The van der Waals surface area contributed by atoms with Crippen LogP contribution in [0.1, 0.15) is 44.6 Å². The lowest BCUT2D eigenvalue weighted by molar-refractivity contribution is -0.123. The highest BCUT2D eigenvalue weighted by Gasteiger charge is 2.44. The molecule has 2 atom stereocenters. The average molecular weight is 654 g/mol. The van der Waals surface area contributed by atoms with Gasteiger partial charge in [0.2, 0.25) is 21.8 Å². The van der Waals surface area contributed by atoms with Gasteiger partial charge in [-0.15, -0.1) is 0 Å². The Balaban J connectivity index is 1.22. The van der Waals surface area contributed by atoms with E-state index >= 15 is 8.78 Å². The van der Waals surface area contributed by atoms with Gasteiger partial charge in [-0.3, -0.25) is 9.59 Å². The van der Waals surface area contributed by atoms with E-state index in [1.807, 2.05) is 0 Å². The van der Waals surface area contributed by atoms with Crippen LogP contribution < -0.4 is 26.6 Å². The summed E-state index contributed by atoms with van der Waals surface area (Å²) in [7, 11) is -3.82. The Kier molecular flexibility index (Phi) is 9.47. The zero-order chi connectivity index (χ0) is 31.8. The Bertz CT molecular complexity index is 1480. The maximum atomic E-state index is 15.7. The van der Waals surface area contributed by atoms with Gasteiger partial charge in [0, 0.05) is 68.4 Å². The molecular formula is C29H38ClF2N7O4S. The number of hydrogen-bond acceptors (Lipinski definition) is 8. The van der Waals surface area contributed by atoms with Crippen molar-refractivity contribution in [1.82, 2.24) is 14.6 Å². The van der Waals surface area contributed by atoms with Gasteiger partial charge in [0.05, 0.1) is 10.9 Å². The molecule has 2 saturated heterocycles. The molecule has 240 valence electrons. The van der Waals surface area contributed by atoms with E-state index < -0.39 is 27.9 Å². The van der Waals surface area contributed by atoms with Crippen molar-refractivity contribution < 1.29 is 26.8 Å². The van der Waals surface area contributed by atoms with E-state index in [-0.39, 0.29) is 90.8 Å². The van der Waals surface area contributed by atoms with Crippen molar-refractivity contribution in [2.75, 3.05) is 42.5 Å². The number of benzene rings is 1. The Morgan fingerprint density at radius 1 is 1.09 bits per heavy atom. The van der Waals surface area contributed by atoms with Gasteiger partial charge >= 0.3 is 0 Å². The summed E-state index contributed by atoms with van der Waals surface area (Å²) in [6.45, 7) is 2.68. The minimum atomic E-state index is -3.82. The number of nitrogens with one attached hydrogen (secondary N) is 1. The minimum absolute atomic E-state index is 0.0670. The number of rotatable bonds is 8. The number of carbonyl (C=O) groups excluding carboxylic acids is 2. The Morgan fingerprint density at radius 2 is 1.73 bits per heavy atom. The van der Waals surface area contributed by atoms with Gasteiger partial charge in [-0.25, -0.2) is 22.2 Å². The summed E-state index contributed by atoms with van der Waals surface area (Å²) in [5.74, 6) is -4.22. The van der Waals surface area contributed by atoms with E-state index in [1.165, 1.54) is 28.6 Å². The predicted molar refractivity (Wildman–Crippen MR) is 163 cm³/mol. The van der Waals surface area contributed by atoms with Crippen LogP contribution in [0.4, 0.5) is 20.3 Å². The molecule has 2 aromatic rings. The third-order valence-electron chi connectivity index (χ3n) is 8.67. The molecular weight excluding hydrogens is 616 g/mol. The molecule has 0 spiro atoms. The highest BCUT2D eigenvalue weighted by atomic mass is 35.5. The third kappa shape index (κ3) is 6.84. The van der Waals surface area contributed by atoms with Crippen LogP contribution in [0.5, 0.6) is 0 Å². The van der Waals surface area contributed by atoms with Crippen LogP contribution in [-0.4, -0.2) is 80.4 Å². The zero-order valence-corrected chi connectivity index (χ0v) is 26.0. The van der Waals surface area contributed by atoms with Gasteiger partial charge < -0.3 is 26.6 Å². The fourth-order valence-electron chi connectivity index (χ4n) is 6.10. The first-order valence-corrected chi connectivity index (χ1v) is 16.6. The van der Waals surface area contributed by atoms with Gasteiger partial charge in [-0.2, -0.15) is 4.31 Å². The first kappa shape index (κ1) is 32.5. The molecule has 2 amide bonds. The fraction of sp³-hybridized carbons (Fsp3) is 0.552. The van der Waals surface area contributed by atoms with Crippen molar-refractivity contribution >= 4 is 44.9 Å². The average Bonchev–Trinajstić information content (AvgIpc) is 3.34. The minimum Gasteiger partial charge on any atom is -0.354 e. The van der Waals surface area contributed by atoms with Gasteiger partial charge in [0.25, 0.3) is 5.92 Å². The highest BCUT2D eigenvalue weighted by Crippen LogP contribution is 2.45. The molecule has 15 heteroatoms. The summed E-state index contributed by atoms with van der Waals surface area (Å²) in [6, 6.07) is 7.57. The molecule has 44 heavy (non-hydrogen) atoms. The molecule has 5 rings (SSSR count). The molecule has 5 N–H and O–H groups in total. The van der Waals surface area contributed by atoms with Crippen LogP contribution in [0.2, 0.25) is 5.15 Å². The van der Waals surface area contributed by atoms with Gasteiger partial charge in [0.15, 0.2) is 0 Å². The number of nitrogens with two attached hydrogens (primary N) is 2. The van der Waals surface area contributed by atoms with Crippen molar-refractivity contribution in [3.05, 3.63) is 47.1 Å². The summed E-state index contributed by atoms with van der Waals surface area (Å²) in [5.41, 5.74) is 11.8. The van der Waals surface area contributed by atoms with E-state index in [4.69, 9.17) is 23.1 Å². The number of sulfonamides is 1. The lowest BCUT2D eigenvalue weighted by Gasteiger charge is -2.36. The Hall–Kier alpha value is -2.91. The summed E-state index contributed by atoms with van der Waals surface area (Å²) in [6.07, 6.45) is 1.56.